The average Bonchev–Trinajstić information content (AvgIpc) is 1.67. The van der Waals surface area contributed by atoms with Gasteiger partial charge in [-0.05, 0) is 12.3 Å². The molecule has 0 spiro atoms. The van der Waals surface area contributed by atoms with E-state index in [1.165, 1.54) is 0 Å². The minimum atomic E-state index is 0.509. The summed E-state index contributed by atoms with van der Waals surface area (Å²) < 4.78 is 0. The van der Waals surface area contributed by atoms with Crippen LogP contribution in [0.25, 0.3) is 0 Å². The highest BCUT2D eigenvalue weighted by Gasteiger charge is 1.92. The van der Waals surface area contributed by atoms with Crippen LogP contribution in [0.1, 0.15) is 27.2 Å². The number of hydrogen-bond acceptors (Lipinski definition) is 1. The van der Waals surface area contributed by atoms with Gasteiger partial charge in [-0.3, -0.25) is 0 Å². The van der Waals surface area contributed by atoms with Crippen molar-refractivity contribution in [2.24, 2.45) is 11.7 Å². The molecule has 0 fully saturated rings. The highest BCUT2D eigenvalue weighted by atomic mass is 14.6. The molecule has 0 bridgehead atoms. The summed E-state index contributed by atoms with van der Waals surface area (Å²) in [5, 5.41) is 0. The van der Waals surface area contributed by atoms with Crippen molar-refractivity contribution < 1.29 is 0 Å². The van der Waals surface area contributed by atoms with Crippen molar-refractivity contribution in [1.29, 1.82) is 0 Å². The Morgan fingerprint density at radius 1 is 1.62 bits per heavy atom. The average molecular weight is 113 g/mol. The van der Waals surface area contributed by atoms with Crippen molar-refractivity contribution in [2.45, 2.75) is 27.2 Å². The number of rotatable bonds is 2. The molecular formula is C7H15N. The fourth-order valence-corrected chi connectivity index (χ4v) is 0.471. The summed E-state index contributed by atoms with van der Waals surface area (Å²) in [6.07, 6.45) is 3.11. The Morgan fingerprint density at radius 2 is 2.12 bits per heavy atom. The monoisotopic (exact) mass is 113 g/mol. The molecule has 0 rings (SSSR count). The van der Waals surface area contributed by atoms with Gasteiger partial charge in [0.2, 0.25) is 0 Å². The van der Waals surface area contributed by atoms with Crippen molar-refractivity contribution in [3.8, 4) is 0 Å². The molecule has 0 aromatic heterocycles. The Hall–Kier alpha value is -0.460. The van der Waals surface area contributed by atoms with Crippen molar-refractivity contribution in [1.82, 2.24) is 0 Å². The summed E-state index contributed by atoms with van der Waals surface area (Å²) >= 11 is 0. The zero-order valence-electron chi connectivity index (χ0n) is 5.94. The lowest BCUT2D eigenvalue weighted by molar-refractivity contribution is 0.750. The van der Waals surface area contributed by atoms with Gasteiger partial charge in [-0.1, -0.05) is 26.8 Å². The van der Waals surface area contributed by atoms with Crippen molar-refractivity contribution in [2.75, 3.05) is 0 Å². The van der Waals surface area contributed by atoms with E-state index in [1.807, 2.05) is 0 Å². The van der Waals surface area contributed by atoms with E-state index in [9.17, 15) is 0 Å². The molecule has 0 amide bonds. The lowest BCUT2D eigenvalue weighted by Crippen LogP contribution is -2.03. The zero-order chi connectivity index (χ0) is 6.57. The molecule has 1 heteroatoms. The lowest BCUT2D eigenvalue weighted by Gasteiger charge is -2.02. The first-order chi connectivity index (χ1) is 3.68. The number of allylic oxidation sites excluding steroid dienone is 2. The van der Waals surface area contributed by atoms with Crippen LogP contribution in [0.2, 0.25) is 0 Å². The lowest BCUT2D eigenvalue weighted by atomic mass is 10.1. The predicted octanol–water partition coefficient (Wildman–Crippen LogP) is 1.90. The van der Waals surface area contributed by atoms with Gasteiger partial charge in [0, 0.05) is 5.70 Å². The maximum atomic E-state index is 5.59. The molecule has 0 aromatic carbocycles. The van der Waals surface area contributed by atoms with Gasteiger partial charge in [0.25, 0.3) is 0 Å². The standard InChI is InChI=1S/C7H15N/c1-4-5-7(8)6(2)3/h5-6H,4,8H2,1-3H3/b7-5+. The molecule has 0 aliphatic carbocycles. The van der Waals surface area contributed by atoms with Crippen LogP contribution in [-0.4, -0.2) is 0 Å². The molecule has 8 heavy (non-hydrogen) atoms. The molecule has 0 aliphatic rings. The van der Waals surface area contributed by atoms with Crippen LogP contribution in [0.4, 0.5) is 0 Å². The third kappa shape index (κ3) is 2.67. The van der Waals surface area contributed by atoms with E-state index in [2.05, 4.69) is 26.8 Å². The van der Waals surface area contributed by atoms with Crippen LogP contribution in [0.3, 0.4) is 0 Å². The molecule has 0 saturated carbocycles. The van der Waals surface area contributed by atoms with Crippen LogP contribution in [0.5, 0.6) is 0 Å². The van der Waals surface area contributed by atoms with Crippen LogP contribution in [0, 0.1) is 5.92 Å². The first kappa shape index (κ1) is 7.54. The molecule has 0 aliphatic heterocycles. The molecule has 0 unspecified atom stereocenters. The summed E-state index contributed by atoms with van der Waals surface area (Å²) in [7, 11) is 0. The van der Waals surface area contributed by atoms with Crippen LogP contribution in [0.15, 0.2) is 11.8 Å². The second kappa shape index (κ2) is 3.53. The second-order valence-corrected chi connectivity index (χ2v) is 2.27. The third-order valence-electron chi connectivity index (χ3n) is 1.11. The van der Waals surface area contributed by atoms with E-state index in [-0.39, 0.29) is 0 Å². The van der Waals surface area contributed by atoms with Crippen LogP contribution < -0.4 is 5.73 Å². The van der Waals surface area contributed by atoms with E-state index < -0.39 is 0 Å². The first-order valence-corrected chi connectivity index (χ1v) is 3.14. The molecule has 0 aromatic rings. The summed E-state index contributed by atoms with van der Waals surface area (Å²) in [6, 6.07) is 0. The minimum absolute atomic E-state index is 0.509. The predicted molar refractivity (Wildman–Crippen MR) is 37.4 cm³/mol. The molecule has 2 N–H and O–H groups in total. The summed E-state index contributed by atoms with van der Waals surface area (Å²) in [5.74, 6) is 0.509. The van der Waals surface area contributed by atoms with Crippen molar-refractivity contribution in [3.63, 3.8) is 0 Å². The van der Waals surface area contributed by atoms with Gasteiger partial charge in [-0.2, -0.15) is 0 Å². The van der Waals surface area contributed by atoms with Gasteiger partial charge in [-0.15, -0.1) is 0 Å². The van der Waals surface area contributed by atoms with Crippen LogP contribution >= 0.6 is 0 Å². The SMILES string of the molecule is CC/C=C(/N)C(C)C. The molecule has 0 radical (unpaired) electrons. The van der Waals surface area contributed by atoms with Crippen LogP contribution in [-0.2, 0) is 0 Å². The molecular weight excluding hydrogens is 98.1 g/mol. The van der Waals surface area contributed by atoms with Crippen molar-refractivity contribution >= 4 is 0 Å². The maximum absolute atomic E-state index is 5.59. The van der Waals surface area contributed by atoms with E-state index in [1.54, 1.807) is 0 Å². The van der Waals surface area contributed by atoms with Crippen molar-refractivity contribution in [3.05, 3.63) is 11.8 Å². The Bertz CT molecular complexity index is 82.4. The Morgan fingerprint density at radius 3 is 2.25 bits per heavy atom. The Balaban J connectivity index is 3.61. The summed E-state index contributed by atoms with van der Waals surface area (Å²) in [4.78, 5) is 0. The minimum Gasteiger partial charge on any atom is -0.402 e. The van der Waals surface area contributed by atoms with Gasteiger partial charge >= 0.3 is 0 Å². The largest absolute Gasteiger partial charge is 0.402 e. The zero-order valence-corrected chi connectivity index (χ0v) is 5.94. The topological polar surface area (TPSA) is 26.0 Å². The van der Waals surface area contributed by atoms with Gasteiger partial charge in [0.05, 0.1) is 0 Å². The van der Waals surface area contributed by atoms with E-state index in [0.29, 0.717) is 5.92 Å². The quantitative estimate of drug-likeness (QED) is 0.581. The normalized spacial score (nSPS) is 12.8. The fraction of sp³-hybridized carbons (Fsp3) is 0.714. The first-order valence-electron chi connectivity index (χ1n) is 3.14. The van der Waals surface area contributed by atoms with Gasteiger partial charge in [-0.25, -0.2) is 0 Å². The third-order valence-corrected chi connectivity index (χ3v) is 1.11. The van der Waals surface area contributed by atoms with E-state index >= 15 is 0 Å². The summed E-state index contributed by atoms with van der Waals surface area (Å²) in [6.45, 7) is 6.29. The van der Waals surface area contributed by atoms with Gasteiger partial charge < -0.3 is 5.73 Å². The fourth-order valence-electron chi connectivity index (χ4n) is 0.471. The molecule has 1 nitrogen and oxygen atoms in total. The molecule has 0 heterocycles. The molecule has 0 atom stereocenters. The Kier molecular flexibility index (Phi) is 3.33. The number of nitrogens with two attached hydrogens (primary N) is 1. The Labute approximate surface area is 51.6 Å². The highest BCUT2D eigenvalue weighted by molar-refractivity contribution is 4.98. The second-order valence-electron chi connectivity index (χ2n) is 2.27. The van der Waals surface area contributed by atoms with E-state index in [4.69, 9.17) is 5.73 Å². The molecule has 48 valence electrons. The van der Waals surface area contributed by atoms with Gasteiger partial charge in [0.1, 0.15) is 0 Å². The van der Waals surface area contributed by atoms with E-state index in [0.717, 1.165) is 12.1 Å². The molecule has 0 saturated heterocycles. The van der Waals surface area contributed by atoms with Gasteiger partial charge in [0.15, 0.2) is 0 Å². The summed E-state index contributed by atoms with van der Waals surface area (Å²) in [5.41, 5.74) is 6.60. The number of hydrogen-bond donors (Lipinski definition) is 1. The smallest absolute Gasteiger partial charge is 0.00658 e. The maximum Gasteiger partial charge on any atom is 0.00658 e. The highest BCUT2D eigenvalue weighted by Crippen LogP contribution is 2.01.